The Labute approximate surface area is 189 Å². The lowest BCUT2D eigenvalue weighted by atomic mass is 10.1. The fourth-order valence-corrected chi connectivity index (χ4v) is 4.53. The number of carbonyl (C=O) groups is 2. The summed E-state index contributed by atoms with van der Waals surface area (Å²) >= 11 is 1.17. The zero-order chi connectivity index (χ0) is 22.8. The van der Waals surface area contributed by atoms with Crippen LogP contribution in [0.15, 0.2) is 65.5 Å². The number of carbonyl (C=O) groups excluding carboxylic acids is 2. The van der Waals surface area contributed by atoms with Crippen LogP contribution < -0.4 is 15.0 Å². The molecule has 2 aromatic heterocycles. The molecule has 7 heteroatoms. The van der Waals surface area contributed by atoms with Crippen LogP contribution in [0, 0.1) is 0 Å². The summed E-state index contributed by atoms with van der Waals surface area (Å²) in [6, 6.07) is 17.9. The molecule has 0 bridgehead atoms. The van der Waals surface area contributed by atoms with Crippen LogP contribution in [-0.2, 0) is 4.74 Å². The SMILES string of the molecule is CCOC(=O)c1cc(C(=O)c2ccccc2)n2c(=O)c(=Cc3ccc(N(C)C)cc3)sc12. The molecule has 32 heavy (non-hydrogen) atoms. The molecule has 162 valence electrons. The Bertz CT molecular complexity index is 1400. The molecule has 4 rings (SSSR count). The number of hydrogen-bond donors (Lipinski definition) is 0. The number of hydrogen-bond acceptors (Lipinski definition) is 6. The largest absolute Gasteiger partial charge is 0.462 e. The van der Waals surface area contributed by atoms with Gasteiger partial charge in [-0.1, -0.05) is 42.5 Å². The summed E-state index contributed by atoms with van der Waals surface area (Å²) < 4.78 is 6.93. The average Bonchev–Trinajstić information content (AvgIpc) is 3.32. The number of aromatic nitrogens is 1. The van der Waals surface area contributed by atoms with Crippen molar-refractivity contribution in [2.24, 2.45) is 0 Å². The lowest BCUT2D eigenvalue weighted by Crippen LogP contribution is -2.25. The summed E-state index contributed by atoms with van der Waals surface area (Å²) in [5.74, 6) is -0.881. The van der Waals surface area contributed by atoms with E-state index in [1.54, 1.807) is 37.3 Å². The van der Waals surface area contributed by atoms with Crippen LogP contribution >= 0.6 is 11.3 Å². The molecule has 0 radical (unpaired) electrons. The third-order valence-corrected chi connectivity index (χ3v) is 6.16. The molecule has 0 saturated heterocycles. The van der Waals surface area contributed by atoms with E-state index in [1.165, 1.54) is 21.8 Å². The predicted octanol–water partition coefficient (Wildman–Crippen LogP) is 3.38. The first kappa shape index (κ1) is 21.5. The first-order chi connectivity index (χ1) is 15.4. The molecular weight excluding hydrogens is 424 g/mol. The number of benzene rings is 2. The van der Waals surface area contributed by atoms with Gasteiger partial charge < -0.3 is 9.64 Å². The highest BCUT2D eigenvalue weighted by atomic mass is 32.1. The first-order valence-electron chi connectivity index (χ1n) is 10.1. The Balaban J connectivity index is 1.90. The van der Waals surface area contributed by atoms with Gasteiger partial charge in [0.05, 0.1) is 22.4 Å². The van der Waals surface area contributed by atoms with Gasteiger partial charge in [-0.25, -0.2) is 4.79 Å². The average molecular weight is 447 g/mol. The normalized spacial score (nSPS) is 11.7. The van der Waals surface area contributed by atoms with E-state index in [4.69, 9.17) is 4.74 Å². The van der Waals surface area contributed by atoms with E-state index in [0.29, 0.717) is 14.9 Å². The standard InChI is InChI=1S/C25H22N2O4S/c1-4-31-25(30)19-15-20(22(28)17-8-6-5-7-9-17)27-23(29)21(32-24(19)27)14-16-10-12-18(13-11-16)26(2)3/h5-15H,4H2,1-3H3. The van der Waals surface area contributed by atoms with Crippen molar-refractivity contribution in [2.45, 2.75) is 6.92 Å². The molecule has 6 nitrogen and oxygen atoms in total. The summed E-state index contributed by atoms with van der Waals surface area (Å²) in [6.07, 6.45) is 1.77. The van der Waals surface area contributed by atoms with Gasteiger partial charge in [0.15, 0.2) is 0 Å². The zero-order valence-electron chi connectivity index (χ0n) is 18.0. The van der Waals surface area contributed by atoms with Crippen molar-refractivity contribution in [3.8, 4) is 0 Å². The topological polar surface area (TPSA) is 68.1 Å². The van der Waals surface area contributed by atoms with Crippen LogP contribution in [0.1, 0.15) is 38.9 Å². The Morgan fingerprint density at radius 1 is 1.06 bits per heavy atom. The van der Waals surface area contributed by atoms with Crippen molar-refractivity contribution in [3.63, 3.8) is 0 Å². The maximum Gasteiger partial charge on any atom is 0.341 e. The molecule has 4 aromatic rings. The van der Waals surface area contributed by atoms with Crippen LogP contribution in [0.3, 0.4) is 0 Å². The third-order valence-electron chi connectivity index (χ3n) is 5.05. The van der Waals surface area contributed by atoms with Gasteiger partial charge in [0.1, 0.15) is 4.83 Å². The Hall–Kier alpha value is -3.71. The second-order valence-corrected chi connectivity index (χ2v) is 8.43. The van der Waals surface area contributed by atoms with Gasteiger partial charge in [-0.15, -0.1) is 11.3 Å². The molecule has 0 spiro atoms. The number of fused-ring (bicyclic) bond motifs is 1. The van der Waals surface area contributed by atoms with E-state index in [-0.39, 0.29) is 29.2 Å². The van der Waals surface area contributed by atoms with Gasteiger partial charge in [-0.05, 0) is 36.8 Å². The van der Waals surface area contributed by atoms with Crippen LogP contribution in [0.5, 0.6) is 0 Å². The van der Waals surface area contributed by atoms with Crippen LogP contribution in [0.2, 0.25) is 0 Å². The van der Waals surface area contributed by atoms with Crippen molar-refractivity contribution in [3.05, 3.63) is 97.9 Å². The van der Waals surface area contributed by atoms with E-state index in [9.17, 15) is 14.4 Å². The second-order valence-electron chi connectivity index (χ2n) is 7.40. The van der Waals surface area contributed by atoms with Crippen LogP contribution in [-0.4, -0.2) is 36.9 Å². The Kier molecular flexibility index (Phi) is 5.92. The van der Waals surface area contributed by atoms with E-state index < -0.39 is 5.97 Å². The number of anilines is 1. The van der Waals surface area contributed by atoms with E-state index in [1.807, 2.05) is 49.3 Å². The minimum Gasteiger partial charge on any atom is -0.462 e. The lowest BCUT2D eigenvalue weighted by Gasteiger charge is -2.11. The van der Waals surface area contributed by atoms with E-state index in [0.717, 1.165) is 11.3 Å². The smallest absolute Gasteiger partial charge is 0.341 e. The first-order valence-corrected chi connectivity index (χ1v) is 11.0. The van der Waals surface area contributed by atoms with Gasteiger partial charge in [0.2, 0.25) is 5.78 Å². The minimum atomic E-state index is -0.555. The molecule has 0 N–H and O–H groups in total. The number of rotatable bonds is 6. The maximum absolute atomic E-state index is 13.3. The molecular formula is C25H22N2O4S. The van der Waals surface area contributed by atoms with Crippen LogP contribution in [0.4, 0.5) is 5.69 Å². The summed E-state index contributed by atoms with van der Waals surface area (Å²) in [7, 11) is 3.92. The molecule has 2 aromatic carbocycles. The van der Waals surface area contributed by atoms with E-state index >= 15 is 0 Å². The highest BCUT2D eigenvalue weighted by Crippen LogP contribution is 2.22. The minimum absolute atomic E-state index is 0.151. The van der Waals surface area contributed by atoms with Gasteiger partial charge in [-0.3, -0.25) is 14.0 Å². The van der Waals surface area contributed by atoms with Crippen molar-refractivity contribution in [2.75, 3.05) is 25.6 Å². The fraction of sp³-hybridized carbons (Fsp3) is 0.160. The molecule has 0 amide bonds. The second kappa shape index (κ2) is 8.80. The van der Waals surface area contributed by atoms with E-state index in [2.05, 4.69) is 0 Å². The monoisotopic (exact) mass is 446 g/mol. The Morgan fingerprint density at radius 3 is 2.38 bits per heavy atom. The highest BCUT2D eigenvalue weighted by molar-refractivity contribution is 7.15. The quantitative estimate of drug-likeness (QED) is 0.336. The molecule has 2 heterocycles. The van der Waals surface area contributed by atoms with Crippen molar-refractivity contribution in [1.29, 1.82) is 0 Å². The Morgan fingerprint density at radius 2 is 1.75 bits per heavy atom. The number of thiazole rings is 1. The van der Waals surface area contributed by atoms with Gasteiger partial charge in [0.25, 0.3) is 5.56 Å². The predicted molar refractivity (Wildman–Crippen MR) is 127 cm³/mol. The molecule has 0 aliphatic rings. The fourth-order valence-electron chi connectivity index (χ4n) is 3.42. The number of ether oxygens (including phenoxy) is 1. The number of ketones is 1. The lowest BCUT2D eigenvalue weighted by molar-refractivity contribution is 0.0529. The molecule has 0 unspecified atom stereocenters. The van der Waals surface area contributed by atoms with Crippen molar-refractivity contribution < 1.29 is 14.3 Å². The maximum atomic E-state index is 13.3. The summed E-state index contributed by atoms with van der Waals surface area (Å²) in [5, 5.41) is 0. The van der Waals surface area contributed by atoms with Gasteiger partial charge in [-0.2, -0.15) is 0 Å². The molecule has 0 fully saturated rings. The molecule has 0 aliphatic carbocycles. The van der Waals surface area contributed by atoms with Gasteiger partial charge >= 0.3 is 5.97 Å². The summed E-state index contributed by atoms with van der Waals surface area (Å²) in [4.78, 5) is 41.4. The van der Waals surface area contributed by atoms with Crippen LogP contribution in [0.25, 0.3) is 10.9 Å². The highest BCUT2D eigenvalue weighted by Gasteiger charge is 2.24. The molecule has 0 saturated carbocycles. The number of esters is 1. The number of nitrogens with zero attached hydrogens (tertiary/aromatic N) is 2. The van der Waals surface area contributed by atoms with Crippen molar-refractivity contribution in [1.82, 2.24) is 4.40 Å². The molecule has 0 aliphatic heterocycles. The van der Waals surface area contributed by atoms with Crippen molar-refractivity contribution >= 4 is 39.7 Å². The summed E-state index contributed by atoms with van der Waals surface area (Å²) in [6.45, 7) is 1.91. The van der Waals surface area contributed by atoms with Gasteiger partial charge in [0, 0.05) is 25.3 Å². The zero-order valence-corrected chi connectivity index (χ0v) is 18.8. The summed E-state index contributed by atoms with van der Waals surface area (Å²) in [5.41, 5.74) is 2.37. The molecule has 0 atom stereocenters. The third kappa shape index (κ3) is 3.94.